The zero-order valence-electron chi connectivity index (χ0n) is 24.3. The number of rotatable bonds is 5. The maximum atomic E-state index is 5.06. The van der Waals surface area contributed by atoms with Gasteiger partial charge in [-0.2, -0.15) is 0 Å². The second-order valence-corrected chi connectivity index (χ2v) is 13.0. The lowest BCUT2D eigenvalue weighted by atomic mass is 10.0. The van der Waals surface area contributed by atoms with E-state index < -0.39 is 0 Å². The molecule has 0 atom stereocenters. The van der Waals surface area contributed by atoms with Crippen molar-refractivity contribution in [2.45, 2.75) is 0 Å². The van der Waals surface area contributed by atoms with Gasteiger partial charge in [-0.15, -0.1) is 22.7 Å². The molecule has 46 heavy (non-hydrogen) atoms. The van der Waals surface area contributed by atoms with Gasteiger partial charge in [0.15, 0.2) is 17.5 Å². The second-order valence-electron chi connectivity index (χ2n) is 11.0. The van der Waals surface area contributed by atoms with E-state index in [2.05, 4.69) is 100 Å². The van der Waals surface area contributed by atoms with Crippen molar-refractivity contribution in [2.24, 2.45) is 0 Å². The van der Waals surface area contributed by atoms with E-state index in [0.717, 1.165) is 38.3 Å². The van der Waals surface area contributed by atoms with Gasteiger partial charge in [0.2, 0.25) is 0 Å². The van der Waals surface area contributed by atoms with E-state index in [1.165, 1.54) is 30.9 Å². The summed E-state index contributed by atoms with van der Waals surface area (Å²) in [6, 6.07) is 38.1. The average molecular weight is 626 g/mol. The van der Waals surface area contributed by atoms with Gasteiger partial charge < -0.3 is 0 Å². The van der Waals surface area contributed by atoms with Crippen LogP contribution < -0.4 is 0 Å². The number of aromatic nitrogens is 5. The molecule has 0 amide bonds. The maximum absolute atomic E-state index is 5.06. The van der Waals surface area contributed by atoms with Crippen molar-refractivity contribution in [3.8, 4) is 55.7 Å². The summed E-state index contributed by atoms with van der Waals surface area (Å²) in [5.74, 6) is 1.95. The predicted octanol–water partition coefficient (Wildman–Crippen LogP) is 10.6. The zero-order valence-corrected chi connectivity index (χ0v) is 26.0. The van der Waals surface area contributed by atoms with Gasteiger partial charge in [-0.05, 0) is 74.8 Å². The molecule has 0 spiro atoms. The number of thiophene rings is 2. The Bertz CT molecular complexity index is 2400. The smallest absolute Gasteiger partial charge is 0.174 e. The molecular formula is C39H23N5S2. The molecule has 9 rings (SSSR count). The number of benzene rings is 4. The Morgan fingerprint density at radius 2 is 0.870 bits per heavy atom. The topological polar surface area (TPSA) is 64.5 Å². The van der Waals surface area contributed by atoms with Crippen LogP contribution in [0, 0.1) is 0 Å². The fourth-order valence-corrected chi connectivity index (χ4v) is 7.95. The lowest BCUT2D eigenvalue weighted by molar-refractivity contribution is 1.08. The predicted molar refractivity (Wildman–Crippen MR) is 191 cm³/mol. The summed E-state index contributed by atoms with van der Waals surface area (Å²) in [6.45, 7) is 0. The van der Waals surface area contributed by atoms with Crippen LogP contribution in [-0.2, 0) is 0 Å². The van der Waals surface area contributed by atoms with Crippen LogP contribution in [0.15, 0.2) is 139 Å². The zero-order chi connectivity index (χ0) is 30.5. The molecule has 0 aliphatic carbocycles. The number of fused-ring (bicyclic) bond motifs is 5. The van der Waals surface area contributed by atoms with Gasteiger partial charge in [0.1, 0.15) is 0 Å². The van der Waals surface area contributed by atoms with E-state index in [4.69, 9.17) is 15.0 Å². The van der Waals surface area contributed by atoms with Crippen molar-refractivity contribution in [3.63, 3.8) is 0 Å². The van der Waals surface area contributed by atoms with E-state index in [-0.39, 0.29) is 0 Å². The summed E-state index contributed by atoms with van der Waals surface area (Å²) < 4.78 is 2.57. The Labute approximate surface area is 272 Å². The Balaban J connectivity index is 1.18. The Kier molecular flexibility index (Phi) is 6.43. The van der Waals surface area contributed by atoms with E-state index >= 15 is 0 Å². The quantitative estimate of drug-likeness (QED) is 0.190. The minimum absolute atomic E-state index is 0.641. The van der Waals surface area contributed by atoms with Crippen molar-refractivity contribution >= 4 is 53.6 Å². The summed E-state index contributed by atoms with van der Waals surface area (Å²) in [7, 11) is 0. The molecule has 7 heteroatoms. The molecule has 4 aromatic carbocycles. The highest BCUT2D eigenvalue weighted by Crippen LogP contribution is 2.40. The first-order valence-electron chi connectivity index (χ1n) is 14.9. The lowest BCUT2D eigenvalue weighted by Crippen LogP contribution is -1.99. The van der Waals surface area contributed by atoms with Crippen molar-refractivity contribution in [2.75, 3.05) is 0 Å². The van der Waals surface area contributed by atoms with Crippen LogP contribution in [0.5, 0.6) is 0 Å². The third-order valence-electron chi connectivity index (χ3n) is 8.26. The second kappa shape index (κ2) is 11.1. The van der Waals surface area contributed by atoms with Gasteiger partial charge in [0.25, 0.3) is 0 Å². The number of hydrogen-bond acceptors (Lipinski definition) is 7. The van der Waals surface area contributed by atoms with E-state index in [1.54, 1.807) is 22.7 Å². The molecule has 0 aliphatic rings. The van der Waals surface area contributed by atoms with Crippen LogP contribution in [0.25, 0.3) is 86.7 Å². The highest BCUT2D eigenvalue weighted by atomic mass is 32.1. The minimum atomic E-state index is 0.641. The van der Waals surface area contributed by atoms with E-state index in [1.807, 2.05) is 49.1 Å². The molecule has 5 nitrogen and oxygen atoms in total. The highest BCUT2D eigenvalue weighted by molar-refractivity contribution is 7.23. The van der Waals surface area contributed by atoms with Gasteiger partial charge >= 0.3 is 0 Å². The third kappa shape index (κ3) is 4.74. The summed E-state index contributed by atoms with van der Waals surface area (Å²) in [6.07, 6.45) is 7.24. The van der Waals surface area contributed by atoms with Crippen LogP contribution in [-0.4, -0.2) is 24.9 Å². The fraction of sp³-hybridized carbons (Fsp3) is 0. The van der Waals surface area contributed by atoms with Crippen molar-refractivity contribution in [1.82, 2.24) is 24.9 Å². The van der Waals surface area contributed by atoms with Crippen LogP contribution in [0.1, 0.15) is 0 Å². The Morgan fingerprint density at radius 3 is 1.46 bits per heavy atom. The molecule has 0 fully saturated rings. The molecule has 5 heterocycles. The van der Waals surface area contributed by atoms with Crippen LogP contribution in [0.2, 0.25) is 0 Å². The third-order valence-corrected chi connectivity index (χ3v) is 10.4. The minimum Gasteiger partial charge on any atom is -0.265 e. The Morgan fingerprint density at radius 1 is 0.391 bits per heavy atom. The Hall–Kier alpha value is -5.63. The molecular weight excluding hydrogens is 603 g/mol. The SMILES string of the molecule is c1cc(-c2ccc(-c3nc(-c4ccc(-c5ccncc5)cc4)nc(-c4cc5ccc6c(ccc7ccsc76)c5s4)n3)cc2)ccn1. The maximum Gasteiger partial charge on any atom is 0.174 e. The van der Waals surface area contributed by atoms with Crippen molar-refractivity contribution in [1.29, 1.82) is 0 Å². The van der Waals surface area contributed by atoms with Crippen molar-refractivity contribution < 1.29 is 0 Å². The summed E-state index contributed by atoms with van der Waals surface area (Å²) in [5.41, 5.74) is 6.33. The molecule has 0 radical (unpaired) electrons. The first kappa shape index (κ1) is 26.7. The fourth-order valence-electron chi connectivity index (χ4n) is 5.90. The molecule has 0 saturated heterocycles. The molecule has 9 aromatic rings. The lowest BCUT2D eigenvalue weighted by Gasteiger charge is -2.09. The largest absolute Gasteiger partial charge is 0.265 e. The molecule has 216 valence electrons. The number of hydrogen-bond donors (Lipinski definition) is 0. The van der Waals surface area contributed by atoms with Gasteiger partial charge in [-0.25, -0.2) is 15.0 Å². The average Bonchev–Trinajstić information content (AvgIpc) is 3.80. The molecule has 0 saturated carbocycles. The highest BCUT2D eigenvalue weighted by Gasteiger charge is 2.16. The summed E-state index contributed by atoms with van der Waals surface area (Å²) in [4.78, 5) is 24.4. The van der Waals surface area contributed by atoms with Gasteiger partial charge in [0.05, 0.1) is 4.88 Å². The van der Waals surface area contributed by atoms with Crippen molar-refractivity contribution in [3.05, 3.63) is 139 Å². The van der Waals surface area contributed by atoms with Crippen LogP contribution in [0.4, 0.5) is 0 Å². The molecule has 0 unspecified atom stereocenters. The monoisotopic (exact) mass is 625 g/mol. The van der Waals surface area contributed by atoms with Gasteiger partial charge in [0, 0.05) is 56.1 Å². The molecule has 5 aromatic heterocycles. The number of pyridine rings is 2. The molecule has 0 aliphatic heterocycles. The first-order chi connectivity index (χ1) is 22.8. The normalized spacial score (nSPS) is 11.5. The summed E-state index contributed by atoms with van der Waals surface area (Å²) in [5, 5.41) is 7.18. The first-order valence-corrected chi connectivity index (χ1v) is 16.6. The molecule has 0 N–H and O–H groups in total. The molecule has 0 bridgehead atoms. The van der Waals surface area contributed by atoms with E-state index in [0.29, 0.717) is 17.5 Å². The number of nitrogens with zero attached hydrogens (tertiary/aromatic N) is 5. The van der Waals surface area contributed by atoms with Crippen LogP contribution >= 0.6 is 22.7 Å². The van der Waals surface area contributed by atoms with E-state index in [9.17, 15) is 0 Å². The van der Waals surface area contributed by atoms with Crippen LogP contribution in [0.3, 0.4) is 0 Å². The standard InChI is InChI=1S/C39H23N5S2/c1-5-29(6-2-24(1)26-13-18-40-19-14-26)37-42-38(30-7-3-25(4-8-30)27-15-20-41-21-16-27)44-39(43-37)34-23-31-10-12-32-33(36(31)46-34)11-9-28-17-22-45-35(28)32/h1-23H. The summed E-state index contributed by atoms with van der Waals surface area (Å²) >= 11 is 3.53. The van der Waals surface area contributed by atoms with Gasteiger partial charge in [-0.1, -0.05) is 72.8 Å². The van der Waals surface area contributed by atoms with Gasteiger partial charge in [-0.3, -0.25) is 9.97 Å².